The van der Waals surface area contributed by atoms with Crippen molar-refractivity contribution in [1.29, 1.82) is 0 Å². The Hall–Kier alpha value is -1.22. The van der Waals surface area contributed by atoms with Gasteiger partial charge in [0.2, 0.25) is 0 Å². The number of phenolic OH excluding ortho intramolecular Hbond substituents is 1. The van der Waals surface area contributed by atoms with E-state index in [9.17, 15) is 5.11 Å². The molecule has 1 heterocycles. The molecule has 1 aliphatic heterocycles. The Balaban J connectivity index is 1.71. The second-order valence-corrected chi connectivity index (χ2v) is 5.87. The smallest absolute Gasteiger partial charge is 0.126 e. The van der Waals surface area contributed by atoms with E-state index in [2.05, 4.69) is 0 Å². The van der Waals surface area contributed by atoms with Crippen LogP contribution < -0.4 is 4.74 Å². The van der Waals surface area contributed by atoms with Crippen LogP contribution in [0.1, 0.15) is 44.1 Å². The van der Waals surface area contributed by atoms with Gasteiger partial charge >= 0.3 is 0 Å². The summed E-state index contributed by atoms with van der Waals surface area (Å²) in [4.78, 5) is 0. The topological polar surface area (TPSA) is 38.7 Å². The molecule has 1 aromatic carbocycles. The van der Waals surface area contributed by atoms with Gasteiger partial charge in [-0.3, -0.25) is 0 Å². The number of ether oxygens (including phenoxy) is 2. The van der Waals surface area contributed by atoms with Crippen molar-refractivity contribution in [3.05, 3.63) is 23.8 Å². The molecular weight excluding hydrogens is 240 g/mol. The lowest BCUT2D eigenvalue weighted by Gasteiger charge is -2.38. The van der Waals surface area contributed by atoms with Gasteiger partial charge in [-0.1, -0.05) is 18.9 Å². The maximum atomic E-state index is 9.73. The molecule has 2 fully saturated rings. The monoisotopic (exact) mass is 262 g/mol. The fraction of sp³-hybridized carbons (Fsp3) is 0.625. The lowest BCUT2D eigenvalue weighted by Crippen LogP contribution is -2.41. The Morgan fingerprint density at radius 3 is 2.89 bits per heavy atom. The van der Waals surface area contributed by atoms with E-state index in [1.54, 1.807) is 6.07 Å². The summed E-state index contributed by atoms with van der Waals surface area (Å²) in [5, 5.41) is 9.73. The van der Waals surface area contributed by atoms with Gasteiger partial charge in [0.25, 0.3) is 0 Å². The van der Waals surface area contributed by atoms with Gasteiger partial charge in [0.05, 0.1) is 12.2 Å². The van der Waals surface area contributed by atoms with Crippen LogP contribution in [0, 0.1) is 6.92 Å². The number of aromatic hydroxyl groups is 1. The van der Waals surface area contributed by atoms with E-state index in [-0.39, 0.29) is 11.7 Å². The molecule has 3 nitrogen and oxygen atoms in total. The van der Waals surface area contributed by atoms with Crippen molar-refractivity contribution in [3.8, 4) is 11.5 Å². The largest absolute Gasteiger partial charge is 0.508 e. The van der Waals surface area contributed by atoms with Crippen molar-refractivity contribution in [2.24, 2.45) is 0 Å². The Morgan fingerprint density at radius 1 is 1.32 bits per heavy atom. The van der Waals surface area contributed by atoms with E-state index in [1.165, 1.54) is 25.7 Å². The van der Waals surface area contributed by atoms with Crippen LogP contribution in [-0.4, -0.2) is 23.4 Å². The lowest BCUT2D eigenvalue weighted by molar-refractivity contribution is -0.108. The van der Waals surface area contributed by atoms with E-state index in [1.807, 2.05) is 19.1 Å². The minimum atomic E-state index is 0.0770. The summed E-state index contributed by atoms with van der Waals surface area (Å²) in [6.45, 7) is 2.69. The Bertz CT molecular complexity index is 449. The third kappa shape index (κ3) is 2.57. The van der Waals surface area contributed by atoms with Gasteiger partial charge in [0.15, 0.2) is 0 Å². The maximum absolute atomic E-state index is 9.73. The third-order valence-corrected chi connectivity index (χ3v) is 4.51. The standard InChI is InChI=1S/C16H22O3/c1-12-14(17)5-4-6-15(12)19-13-7-10-18-16(11-13)8-2-3-9-16/h4-6,13,17H,2-3,7-11H2,1H3. The van der Waals surface area contributed by atoms with Gasteiger partial charge in [-0.15, -0.1) is 0 Å². The summed E-state index contributed by atoms with van der Waals surface area (Å²) in [7, 11) is 0. The fourth-order valence-electron chi connectivity index (χ4n) is 3.36. The Morgan fingerprint density at radius 2 is 2.11 bits per heavy atom. The van der Waals surface area contributed by atoms with E-state index < -0.39 is 0 Å². The van der Waals surface area contributed by atoms with Crippen molar-refractivity contribution >= 4 is 0 Å². The molecule has 1 N–H and O–H groups in total. The molecule has 1 aliphatic carbocycles. The van der Waals surface area contributed by atoms with Crippen molar-refractivity contribution in [1.82, 2.24) is 0 Å². The van der Waals surface area contributed by atoms with Crippen LogP contribution >= 0.6 is 0 Å². The van der Waals surface area contributed by atoms with Crippen molar-refractivity contribution in [2.45, 2.75) is 57.2 Å². The van der Waals surface area contributed by atoms with Gasteiger partial charge in [-0.2, -0.15) is 0 Å². The molecule has 1 unspecified atom stereocenters. The van der Waals surface area contributed by atoms with Gasteiger partial charge in [0, 0.05) is 18.4 Å². The summed E-state index contributed by atoms with van der Waals surface area (Å²) in [6, 6.07) is 5.47. The molecule has 0 bridgehead atoms. The molecule has 0 radical (unpaired) electrons. The SMILES string of the molecule is Cc1c(O)cccc1OC1CCOC2(CCCC2)C1. The molecule has 2 aliphatic rings. The molecule has 104 valence electrons. The Kier molecular flexibility index (Phi) is 3.40. The molecule has 0 amide bonds. The van der Waals surface area contributed by atoms with Crippen LogP contribution in [0.4, 0.5) is 0 Å². The van der Waals surface area contributed by atoms with Crippen LogP contribution in [0.3, 0.4) is 0 Å². The lowest BCUT2D eigenvalue weighted by atomic mass is 9.90. The van der Waals surface area contributed by atoms with Crippen LogP contribution in [0.5, 0.6) is 11.5 Å². The zero-order valence-electron chi connectivity index (χ0n) is 11.5. The van der Waals surface area contributed by atoms with Gasteiger partial charge in [-0.05, 0) is 31.9 Å². The van der Waals surface area contributed by atoms with Gasteiger partial charge in [0.1, 0.15) is 17.6 Å². The second-order valence-electron chi connectivity index (χ2n) is 5.87. The number of hydrogen-bond acceptors (Lipinski definition) is 3. The summed E-state index contributed by atoms with van der Waals surface area (Å²) >= 11 is 0. The molecule has 1 spiro atoms. The predicted molar refractivity (Wildman–Crippen MR) is 73.6 cm³/mol. The van der Waals surface area contributed by atoms with E-state index in [0.717, 1.165) is 30.8 Å². The summed E-state index contributed by atoms with van der Waals surface area (Å²) in [5.74, 6) is 1.11. The highest BCUT2D eigenvalue weighted by molar-refractivity contribution is 5.42. The minimum absolute atomic E-state index is 0.0770. The average molecular weight is 262 g/mol. The molecule has 3 heteroatoms. The summed E-state index contributed by atoms with van der Waals surface area (Å²) < 4.78 is 12.1. The Labute approximate surface area is 114 Å². The molecule has 1 saturated carbocycles. The molecule has 1 saturated heterocycles. The zero-order chi connectivity index (χ0) is 13.3. The first-order valence-electron chi connectivity index (χ1n) is 7.28. The molecule has 1 atom stereocenters. The molecule has 19 heavy (non-hydrogen) atoms. The van der Waals surface area contributed by atoms with Crippen molar-refractivity contribution in [3.63, 3.8) is 0 Å². The average Bonchev–Trinajstić information content (AvgIpc) is 2.83. The van der Waals surface area contributed by atoms with E-state index >= 15 is 0 Å². The molecule has 0 aromatic heterocycles. The number of benzene rings is 1. The summed E-state index contributed by atoms with van der Waals surface area (Å²) in [5.41, 5.74) is 0.905. The quantitative estimate of drug-likeness (QED) is 0.885. The number of phenols is 1. The van der Waals surface area contributed by atoms with Crippen LogP contribution in [0.2, 0.25) is 0 Å². The molecule has 1 aromatic rings. The highest BCUT2D eigenvalue weighted by atomic mass is 16.5. The van der Waals surface area contributed by atoms with E-state index in [4.69, 9.17) is 9.47 Å². The predicted octanol–water partition coefficient (Wildman–Crippen LogP) is 3.57. The first-order chi connectivity index (χ1) is 9.19. The fourth-order valence-corrected chi connectivity index (χ4v) is 3.36. The van der Waals surface area contributed by atoms with Crippen LogP contribution in [-0.2, 0) is 4.74 Å². The number of rotatable bonds is 2. The summed E-state index contributed by atoms with van der Waals surface area (Å²) in [6.07, 6.45) is 7.04. The normalized spacial score (nSPS) is 25.6. The third-order valence-electron chi connectivity index (χ3n) is 4.51. The van der Waals surface area contributed by atoms with Gasteiger partial charge < -0.3 is 14.6 Å². The first-order valence-corrected chi connectivity index (χ1v) is 7.28. The number of hydrogen-bond donors (Lipinski definition) is 1. The van der Waals surface area contributed by atoms with Crippen LogP contribution in [0.25, 0.3) is 0 Å². The highest BCUT2D eigenvalue weighted by Crippen LogP contribution is 2.41. The molecule has 3 rings (SSSR count). The minimum Gasteiger partial charge on any atom is -0.508 e. The maximum Gasteiger partial charge on any atom is 0.126 e. The van der Waals surface area contributed by atoms with Crippen LogP contribution in [0.15, 0.2) is 18.2 Å². The molecular formula is C16H22O3. The van der Waals surface area contributed by atoms with Crippen molar-refractivity contribution in [2.75, 3.05) is 6.61 Å². The van der Waals surface area contributed by atoms with Crippen molar-refractivity contribution < 1.29 is 14.6 Å². The zero-order valence-corrected chi connectivity index (χ0v) is 11.5. The van der Waals surface area contributed by atoms with E-state index in [0.29, 0.717) is 5.75 Å². The first kappa shape index (κ1) is 12.8. The second kappa shape index (κ2) is 5.04. The highest BCUT2D eigenvalue weighted by Gasteiger charge is 2.40. The van der Waals surface area contributed by atoms with Gasteiger partial charge in [-0.25, -0.2) is 0 Å².